The van der Waals surface area contributed by atoms with Gasteiger partial charge in [-0.25, -0.2) is 4.89 Å². The van der Waals surface area contributed by atoms with Crippen molar-refractivity contribution in [2.24, 2.45) is 0 Å². The first kappa shape index (κ1) is 46.2. The zero-order valence-corrected chi connectivity index (χ0v) is 32.7. The Morgan fingerprint density at radius 1 is 0.532 bits per heavy atom. The fraction of sp³-hybridized carbons (Fsp3) is 0.805. The number of allylic oxidation sites excluding steroid dienone is 8. The number of hydrogen-bond donors (Lipinski definition) is 0. The van der Waals surface area contributed by atoms with Crippen LogP contribution in [0.4, 0.5) is 0 Å². The van der Waals surface area contributed by atoms with E-state index in [1.54, 1.807) is 0 Å². The van der Waals surface area contributed by atoms with E-state index in [9.17, 15) is 0 Å². The summed E-state index contributed by atoms with van der Waals surface area (Å²) in [5.41, 5.74) is 0. The minimum atomic E-state index is -1.49. The quantitative estimate of drug-likeness (QED) is 0.0215. The highest BCUT2D eigenvalue weighted by molar-refractivity contribution is 7.41. The summed E-state index contributed by atoms with van der Waals surface area (Å²) >= 11 is 0. The summed E-state index contributed by atoms with van der Waals surface area (Å²) in [6, 6.07) is 0. The topological polar surface area (TPSA) is 40.2 Å². The van der Waals surface area contributed by atoms with E-state index in [0.29, 0.717) is 6.61 Å². The zero-order chi connectivity index (χ0) is 34.3. The van der Waals surface area contributed by atoms with Crippen LogP contribution in [0.2, 0.25) is 0 Å². The van der Waals surface area contributed by atoms with Gasteiger partial charge in [0.1, 0.15) is 0 Å². The van der Waals surface area contributed by atoms with Crippen molar-refractivity contribution in [2.45, 2.75) is 180 Å². The van der Waals surface area contributed by atoms with E-state index in [1.807, 2.05) is 14.1 Å². The Kier molecular flexibility index (Phi) is 38.9. The van der Waals surface area contributed by atoms with Gasteiger partial charge in [-0.15, -0.1) is 0 Å². The second-order valence-electron chi connectivity index (χ2n) is 13.2. The van der Waals surface area contributed by atoms with Gasteiger partial charge in [-0.1, -0.05) is 146 Å². The van der Waals surface area contributed by atoms with Gasteiger partial charge in [0.2, 0.25) is 0 Å². The lowest BCUT2D eigenvalue weighted by Gasteiger charge is -2.23. The van der Waals surface area contributed by atoms with Crippen LogP contribution in [-0.4, -0.2) is 45.4 Å². The van der Waals surface area contributed by atoms with Crippen molar-refractivity contribution in [3.63, 3.8) is 0 Å². The number of rotatable bonds is 37. The maximum absolute atomic E-state index is 6.37. The second kappa shape index (κ2) is 39.6. The number of unbranched alkanes of at least 4 members (excludes halogenated alkanes) is 17. The molecular weight excluding hydrogens is 601 g/mol. The van der Waals surface area contributed by atoms with Crippen molar-refractivity contribution < 1.29 is 18.6 Å². The fourth-order valence-electron chi connectivity index (χ4n) is 5.34. The lowest BCUT2D eigenvalue weighted by molar-refractivity contribution is -0.192. The van der Waals surface area contributed by atoms with E-state index < -0.39 is 8.60 Å². The number of hydrogen-bond acceptors (Lipinski definition) is 5. The number of nitrogens with zero attached hydrogens (tertiary/aromatic N) is 1. The Morgan fingerprint density at radius 2 is 0.936 bits per heavy atom. The molecule has 0 N–H and O–H groups in total. The lowest BCUT2D eigenvalue weighted by Crippen LogP contribution is -2.18. The summed E-state index contributed by atoms with van der Waals surface area (Å²) in [4.78, 5) is 7.08. The molecule has 0 heterocycles. The van der Waals surface area contributed by atoms with Crippen molar-refractivity contribution in [1.29, 1.82) is 0 Å². The van der Waals surface area contributed by atoms with Crippen molar-refractivity contribution in [3.8, 4) is 0 Å². The van der Waals surface area contributed by atoms with Gasteiger partial charge in [0.05, 0.1) is 19.8 Å². The van der Waals surface area contributed by atoms with Gasteiger partial charge in [-0.2, -0.15) is 4.67 Å². The van der Waals surface area contributed by atoms with Gasteiger partial charge >= 0.3 is 8.60 Å². The van der Waals surface area contributed by atoms with E-state index in [0.717, 1.165) is 32.2 Å². The molecule has 0 fully saturated rings. The van der Waals surface area contributed by atoms with Crippen LogP contribution in [0.1, 0.15) is 174 Å². The molecule has 0 aromatic heterocycles. The normalized spacial score (nSPS) is 13.8. The Labute approximate surface area is 294 Å². The third-order valence-electron chi connectivity index (χ3n) is 8.31. The molecule has 6 heteroatoms. The molecule has 0 aliphatic carbocycles. The van der Waals surface area contributed by atoms with Crippen LogP contribution in [0.3, 0.4) is 0 Å². The van der Waals surface area contributed by atoms with Crippen LogP contribution in [0, 0.1) is 0 Å². The van der Waals surface area contributed by atoms with Crippen LogP contribution in [0.15, 0.2) is 48.6 Å². The van der Waals surface area contributed by atoms with Gasteiger partial charge in [0.25, 0.3) is 0 Å². The monoisotopic (exact) mass is 680 g/mol. The first-order chi connectivity index (χ1) is 23.1. The zero-order valence-electron chi connectivity index (χ0n) is 31.8. The molecule has 5 nitrogen and oxygen atoms in total. The Morgan fingerprint density at radius 3 is 1.34 bits per heavy atom. The van der Waals surface area contributed by atoms with Crippen LogP contribution >= 0.6 is 8.60 Å². The van der Waals surface area contributed by atoms with Crippen molar-refractivity contribution in [2.75, 3.05) is 34.4 Å². The molecule has 0 saturated carbocycles. The molecule has 0 bridgehead atoms. The molecule has 0 rings (SSSR count). The van der Waals surface area contributed by atoms with Crippen LogP contribution in [0.5, 0.6) is 0 Å². The average molecular weight is 680 g/mol. The summed E-state index contributed by atoms with van der Waals surface area (Å²) < 4.78 is 17.7. The average Bonchev–Trinajstić information content (AvgIpc) is 3.06. The maximum atomic E-state index is 6.37. The SMILES string of the molecule is CCCCC/C=C\C/C=C\CCCCCCCCC(CCCCCCC/C=C/C/C=C\CCCCC)OP(OCCN(C)C)OOC. The van der Waals surface area contributed by atoms with Crippen molar-refractivity contribution in [1.82, 2.24) is 4.90 Å². The molecule has 2 unspecified atom stereocenters. The summed E-state index contributed by atoms with van der Waals surface area (Å²) in [7, 11) is 4.13. The molecule has 0 aliphatic rings. The van der Waals surface area contributed by atoms with E-state index in [1.165, 1.54) is 142 Å². The third kappa shape index (κ3) is 37.9. The smallest absolute Gasteiger partial charge is 0.309 e. The largest absolute Gasteiger partial charge is 0.363 e. The summed E-state index contributed by atoms with van der Waals surface area (Å²) in [5.74, 6) is 0. The van der Waals surface area contributed by atoms with Crippen molar-refractivity contribution in [3.05, 3.63) is 48.6 Å². The minimum Gasteiger partial charge on any atom is -0.309 e. The Bertz CT molecular complexity index is 724. The Hall–Kier alpha value is -0.810. The van der Waals surface area contributed by atoms with Gasteiger partial charge < -0.3 is 13.9 Å². The molecule has 0 aromatic rings. The molecule has 2 atom stereocenters. The van der Waals surface area contributed by atoms with E-state index in [-0.39, 0.29) is 6.10 Å². The predicted octanol–water partition coefficient (Wildman–Crippen LogP) is 13.8. The molecular formula is C41H78NO4P. The van der Waals surface area contributed by atoms with Gasteiger partial charge in [0, 0.05) is 6.54 Å². The molecule has 0 spiro atoms. The molecule has 47 heavy (non-hydrogen) atoms. The highest BCUT2D eigenvalue weighted by Crippen LogP contribution is 2.42. The maximum Gasteiger partial charge on any atom is 0.363 e. The van der Waals surface area contributed by atoms with Gasteiger partial charge in [-0.05, 0) is 91.1 Å². The highest BCUT2D eigenvalue weighted by Gasteiger charge is 2.20. The minimum absolute atomic E-state index is 0.166. The Balaban J connectivity index is 4.23. The highest BCUT2D eigenvalue weighted by atomic mass is 31.2. The molecule has 276 valence electrons. The standard InChI is InChI=1S/C41H78NO4P/c1-6-8-10-12-14-16-18-20-22-24-26-28-30-32-34-36-38-41(45-47(46-43-5)44-40-39-42(3)4)37-35-33-31-29-27-25-23-21-19-17-15-13-11-9-7-2/h14-17,20-23,41H,6-13,18-19,24-40H2,1-5H3/b16-14-,17-15-,22-20-,23-21+. The van der Waals surface area contributed by atoms with Crippen molar-refractivity contribution >= 4 is 8.60 Å². The first-order valence-corrected chi connectivity index (χ1v) is 20.8. The first-order valence-electron chi connectivity index (χ1n) is 19.7. The van der Waals surface area contributed by atoms with Crippen LogP contribution in [-0.2, 0) is 18.6 Å². The van der Waals surface area contributed by atoms with E-state index >= 15 is 0 Å². The van der Waals surface area contributed by atoms with Crippen LogP contribution in [0.25, 0.3) is 0 Å². The van der Waals surface area contributed by atoms with E-state index in [4.69, 9.17) is 18.6 Å². The van der Waals surface area contributed by atoms with Gasteiger partial charge in [-0.3, -0.25) is 0 Å². The van der Waals surface area contributed by atoms with Crippen LogP contribution < -0.4 is 0 Å². The molecule has 0 saturated heterocycles. The molecule has 0 amide bonds. The fourth-order valence-corrected chi connectivity index (χ4v) is 6.29. The third-order valence-corrected chi connectivity index (χ3v) is 9.44. The summed E-state index contributed by atoms with van der Waals surface area (Å²) in [6.07, 6.45) is 50.1. The second-order valence-corrected chi connectivity index (χ2v) is 14.3. The lowest BCUT2D eigenvalue weighted by atomic mass is 10.0. The van der Waals surface area contributed by atoms with Gasteiger partial charge in [0.15, 0.2) is 0 Å². The predicted molar refractivity (Wildman–Crippen MR) is 208 cm³/mol. The van der Waals surface area contributed by atoms with E-state index in [2.05, 4.69) is 67.4 Å². The molecule has 0 aliphatic heterocycles. The number of likely N-dealkylation sites (N-methyl/N-ethyl adjacent to an activating group) is 1. The summed E-state index contributed by atoms with van der Waals surface area (Å²) in [5, 5.41) is 0. The molecule has 0 aromatic carbocycles. The molecule has 0 radical (unpaired) electrons. The summed E-state index contributed by atoms with van der Waals surface area (Å²) in [6.45, 7) is 5.93.